The predicted molar refractivity (Wildman–Crippen MR) is 59.6 cm³/mol. The van der Waals surface area contributed by atoms with Crippen LogP contribution in [0.2, 0.25) is 0 Å². The van der Waals surface area contributed by atoms with E-state index < -0.39 is 0 Å². The van der Waals surface area contributed by atoms with Gasteiger partial charge in [-0.1, -0.05) is 12.2 Å². The number of hydrogen-bond acceptors (Lipinski definition) is 4. The first-order valence-electron chi connectivity index (χ1n) is 4.19. The second-order valence-electron chi connectivity index (χ2n) is 3.08. The molecule has 0 amide bonds. The third-order valence-electron chi connectivity index (χ3n) is 2.02. The van der Waals surface area contributed by atoms with Gasteiger partial charge in [-0.25, -0.2) is 0 Å². The Labute approximate surface area is 90.5 Å². The molecule has 5 heteroatoms. The van der Waals surface area contributed by atoms with Gasteiger partial charge < -0.3 is 15.3 Å². The lowest BCUT2D eigenvalue weighted by atomic mass is 10.2. The minimum atomic E-state index is -0.0688. The molecule has 76 valence electrons. The molecule has 0 saturated carbocycles. The molecule has 0 aliphatic carbocycles. The van der Waals surface area contributed by atoms with Gasteiger partial charge in [-0.3, -0.25) is 5.41 Å². The van der Waals surface area contributed by atoms with Crippen LogP contribution in [0.25, 0.3) is 11.0 Å². The molecule has 2 rings (SSSR count). The molecule has 0 fully saturated rings. The van der Waals surface area contributed by atoms with Gasteiger partial charge in [-0.2, -0.15) is 0 Å². The van der Waals surface area contributed by atoms with Crippen LogP contribution in [0.4, 0.5) is 0 Å². The number of thiocarbonyl (C=S) groups is 1. The molecular weight excluding hydrogens is 212 g/mol. The number of nitrogens with two attached hydrogens (primary N) is 1. The van der Waals surface area contributed by atoms with E-state index in [0.717, 1.165) is 0 Å². The number of fused-ring (bicyclic) bond motifs is 1. The van der Waals surface area contributed by atoms with Crippen molar-refractivity contribution in [2.75, 3.05) is 0 Å². The molecule has 4 nitrogen and oxygen atoms in total. The monoisotopic (exact) mass is 220 g/mol. The van der Waals surface area contributed by atoms with Crippen LogP contribution in [0.3, 0.4) is 0 Å². The average molecular weight is 220 g/mol. The second-order valence-corrected chi connectivity index (χ2v) is 3.52. The van der Waals surface area contributed by atoms with Gasteiger partial charge in [-0.05, 0) is 24.3 Å². The standard InChI is InChI=1S/C10H8N2O2S/c11-9-7(10(12)15)4-5-3-6(13)1-2-8(5)14-9/h1-4,11,13H,(H2,12,15). The molecule has 1 aromatic carbocycles. The molecule has 0 aliphatic rings. The number of rotatable bonds is 1. The summed E-state index contributed by atoms with van der Waals surface area (Å²) in [6.45, 7) is 0. The quantitative estimate of drug-likeness (QED) is 0.631. The minimum Gasteiger partial charge on any atom is -0.508 e. The van der Waals surface area contributed by atoms with E-state index in [0.29, 0.717) is 16.5 Å². The van der Waals surface area contributed by atoms with E-state index in [-0.39, 0.29) is 16.3 Å². The van der Waals surface area contributed by atoms with Crippen molar-refractivity contribution in [2.24, 2.45) is 5.73 Å². The normalized spacial score (nSPS) is 10.4. The van der Waals surface area contributed by atoms with Crippen molar-refractivity contribution in [2.45, 2.75) is 0 Å². The van der Waals surface area contributed by atoms with Gasteiger partial charge in [0.25, 0.3) is 0 Å². The van der Waals surface area contributed by atoms with E-state index in [4.69, 9.17) is 27.8 Å². The van der Waals surface area contributed by atoms with Crippen LogP contribution >= 0.6 is 12.2 Å². The van der Waals surface area contributed by atoms with Crippen LogP contribution in [0.15, 0.2) is 28.7 Å². The lowest BCUT2D eigenvalue weighted by molar-refractivity contribution is 0.474. The average Bonchev–Trinajstić information content (AvgIpc) is 2.17. The summed E-state index contributed by atoms with van der Waals surface area (Å²) in [5.41, 5.74) is 6.24. The SMILES string of the molecule is N=c1oc2ccc(O)cc2cc1C(N)=S. The molecule has 15 heavy (non-hydrogen) atoms. The van der Waals surface area contributed by atoms with Crippen molar-refractivity contribution in [1.29, 1.82) is 5.41 Å². The maximum Gasteiger partial charge on any atom is 0.222 e. The molecule has 1 aromatic heterocycles. The van der Waals surface area contributed by atoms with E-state index in [9.17, 15) is 5.11 Å². The van der Waals surface area contributed by atoms with Crippen LogP contribution in [0.5, 0.6) is 5.75 Å². The van der Waals surface area contributed by atoms with Crippen molar-refractivity contribution in [3.8, 4) is 5.75 Å². The van der Waals surface area contributed by atoms with Crippen LogP contribution < -0.4 is 11.3 Å². The zero-order chi connectivity index (χ0) is 11.0. The summed E-state index contributed by atoms with van der Waals surface area (Å²) in [5.74, 6) is 0.129. The maximum absolute atomic E-state index is 9.28. The maximum atomic E-state index is 9.28. The largest absolute Gasteiger partial charge is 0.508 e. The number of benzene rings is 1. The van der Waals surface area contributed by atoms with Gasteiger partial charge in [0, 0.05) is 5.39 Å². The number of phenols is 1. The Hall–Kier alpha value is -1.88. The topological polar surface area (TPSA) is 83.2 Å². The first-order valence-corrected chi connectivity index (χ1v) is 4.60. The number of nitrogens with one attached hydrogen (secondary N) is 1. The lowest BCUT2D eigenvalue weighted by Crippen LogP contribution is -2.19. The van der Waals surface area contributed by atoms with Gasteiger partial charge in [0.2, 0.25) is 5.55 Å². The van der Waals surface area contributed by atoms with Crippen molar-refractivity contribution in [1.82, 2.24) is 0 Å². The summed E-state index contributed by atoms with van der Waals surface area (Å²) in [5, 5.41) is 17.5. The fourth-order valence-corrected chi connectivity index (χ4v) is 1.46. The highest BCUT2D eigenvalue weighted by atomic mass is 32.1. The van der Waals surface area contributed by atoms with Gasteiger partial charge >= 0.3 is 0 Å². The highest BCUT2D eigenvalue weighted by Crippen LogP contribution is 2.19. The number of aromatic hydroxyl groups is 1. The summed E-state index contributed by atoms with van der Waals surface area (Å²) in [4.78, 5) is 0.106. The molecule has 0 saturated heterocycles. The molecule has 1 heterocycles. The third-order valence-corrected chi connectivity index (χ3v) is 2.24. The molecule has 0 radical (unpaired) electrons. The Morgan fingerprint density at radius 2 is 2.13 bits per heavy atom. The van der Waals surface area contributed by atoms with Gasteiger partial charge in [0.15, 0.2) is 0 Å². The molecule has 0 bridgehead atoms. The fraction of sp³-hybridized carbons (Fsp3) is 0. The zero-order valence-corrected chi connectivity index (χ0v) is 8.47. The first kappa shape index (κ1) is 9.67. The Morgan fingerprint density at radius 1 is 1.40 bits per heavy atom. The predicted octanol–water partition coefficient (Wildman–Crippen LogP) is 1.25. The smallest absolute Gasteiger partial charge is 0.222 e. The van der Waals surface area contributed by atoms with E-state index in [2.05, 4.69) is 0 Å². The first-order chi connectivity index (χ1) is 7.08. The molecule has 2 aromatic rings. The Morgan fingerprint density at radius 3 is 2.80 bits per heavy atom. The van der Waals surface area contributed by atoms with Crippen molar-refractivity contribution < 1.29 is 9.52 Å². The number of hydrogen-bond donors (Lipinski definition) is 3. The summed E-state index contributed by atoms with van der Waals surface area (Å²) >= 11 is 4.78. The molecule has 0 atom stereocenters. The summed E-state index contributed by atoms with van der Waals surface area (Å²) < 4.78 is 5.20. The summed E-state index contributed by atoms with van der Waals surface area (Å²) in [7, 11) is 0. The van der Waals surface area contributed by atoms with Crippen LogP contribution in [0, 0.1) is 5.41 Å². The summed E-state index contributed by atoms with van der Waals surface area (Å²) in [6, 6.07) is 6.24. The van der Waals surface area contributed by atoms with E-state index >= 15 is 0 Å². The fourth-order valence-electron chi connectivity index (χ4n) is 1.31. The lowest BCUT2D eigenvalue weighted by Gasteiger charge is -2.01. The number of phenolic OH excluding ortho intramolecular Hbond substituents is 1. The molecule has 0 unspecified atom stereocenters. The van der Waals surface area contributed by atoms with E-state index in [1.165, 1.54) is 12.1 Å². The van der Waals surface area contributed by atoms with Gasteiger partial charge in [0.05, 0.1) is 5.56 Å². The third kappa shape index (κ3) is 1.69. The molecular formula is C10H8N2O2S. The van der Waals surface area contributed by atoms with Gasteiger partial charge in [-0.15, -0.1) is 0 Å². The van der Waals surface area contributed by atoms with Crippen LogP contribution in [-0.4, -0.2) is 10.1 Å². The van der Waals surface area contributed by atoms with Crippen molar-refractivity contribution in [3.05, 3.63) is 35.4 Å². The highest BCUT2D eigenvalue weighted by molar-refractivity contribution is 7.80. The molecule has 0 spiro atoms. The van der Waals surface area contributed by atoms with Gasteiger partial charge in [0.1, 0.15) is 16.3 Å². The van der Waals surface area contributed by atoms with Crippen LogP contribution in [0.1, 0.15) is 5.56 Å². The zero-order valence-electron chi connectivity index (χ0n) is 7.65. The Bertz CT molecular complexity index is 604. The van der Waals surface area contributed by atoms with Crippen LogP contribution in [-0.2, 0) is 0 Å². The van der Waals surface area contributed by atoms with Crippen molar-refractivity contribution >= 4 is 28.2 Å². The Kier molecular flexibility index (Phi) is 2.17. The minimum absolute atomic E-state index is 0.0688. The highest BCUT2D eigenvalue weighted by Gasteiger charge is 2.05. The Balaban J connectivity index is 2.83. The van der Waals surface area contributed by atoms with E-state index in [1.54, 1.807) is 12.1 Å². The van der Waals surface area contributed by atoms with Crippen molar-refractivity contribution in [3.63, 3.8) is 0 Å². The molecule has 4 N–H and O–H groups in total. The van der Waals surface area contributed by atoms with E-state index in [1.807, 2.05) is 0 Å². The second kappa shape index (κ2) is 3.36. The summed E-state index contributed by atoms with van der Waals surface area (Å²) in [6.07, 6.45) is 0. The molecule has 0 aliphatic heterocycles.